The SMILES string of the molecule is COC(=O)C(CO)[N+](=O)[O-]. The van der Waals surface area contributed by atoms with Crippen LogP contribution in [0.1, 0.15) is 0 Å². The summed E-state index contributed by atoms with van der Waals surface area (Å²) in [5.41, 5.74) is 0. The Morgan fingerprint density at radius 3 is 2.50 bits per heavy atom. The summed E-state index contributed by atoms with van der Waals surface area (Å²) in [6.45, 7) is -0.834. The summed E-state index contributed by atoms with van der Waals surface area (Å²) >= 11 is 0. The highest BCUT2D eigenvalue weighted by atomic mass is 16.6. The molecule has 0 amide bonds. The Morgan fingerprint density at radius 1 is 1.90 bits per heavy atom. The molecule has 0 saturated heterocycles. The Kier molecular flexibility index (Phi) is 3.34. The molecule has 6 heteroatoms. The molecule has 0 aliphatic rings. The number of aliphatic hydroxyl groups excluding tert-OH is 1. The van der Waals surface area contributed by atoms with Crippen LogP contribution in [-0.4, -0.2) is 35.8 Å². The summed E-state index contributed by atoms with van der Waals surface area (Å²) < 4.78 is 4.02. The summed E-state index contributed by atoms with van der Waals surface area (Å²) in [6.07, 6.45) is 0. The molecular weight excluding hydrogens is 142 g/mol. The van der Waals surface area contributed by atoms with Crippen molar-refractivity contribution in [1.29, 1.82) is 0 Å². The first-order valence-corrected chi connectivity index (χ1v) is 2.45. The van der Waals surface area contributed by atoms with Gasteiger partial charge in [0.1, 0.15) is 6.61 Å². The zero-order chi connectivity index (χ0) is 8.15. The molecule has 0 aromatic rings. The zero-order valence-corrected chi connectivity index (χ0v) is 5.31. The maximum Gasteiger partial charge on any atom is 0.383 e. The number of ether oxygens (including phenoxy) is 1. The minimum absolute atomic E-state index is 0.834. The van der Waals surface area contributed by atoms with E-state index < -0.39 is 23.5 Å². The number of rotatable bonds is 3. The van der Waals surface area contributed by atoms with Crippen molar-refractivity contribution in [1.82, 2.24) is 0 Å². The molecule has 1 unspecified atom stereocenters. The Balaban J connectivity index is 4.06. The van der Waals surface area contributed by atoms with E-state index in [1.165, 1.54) is 0 Å². The van der Waals surface area contributed by atoms with Gasteiger partial charge in [-0.3, -0.25) is 10.1 Å². The molecule has 0 rings (SSSR count). The topological polar surface area (TPSA) is 89.7 Å². The second-order valence-corrected chi connectivity index (χ2v) is 1.51. The Bertz CT molecular complexity index is 145. The van der Waals surface area contributed by atoms with Gasteiger partial charge in [-0.2, -0.15) is 0 Å². The van der Waals surface area contributed by atoms with Crippen LogP contribution < -0.4 is 0 Å². The predicted molar refractivity (Wildman–Crippen MR) is 29.9 cm³/mol. The molecule has 1 N–H and O–H groups in total. The molecule has 0 aliphatic heterocycles. The first kappa shape index (κ1) is 8.83. The molecule has 0 aromatic carbocycles. The van der Waals surface area contributed by atoms with Crippen molar-refractivity contribution in [3.8, 4) is 0 Å². The van der Waals surface area contributed by atoms with Crippen molar-refractivity contribution in [3.63, 3.8) is 0 Å². The molecule has 0 bridgehead atoms. The molecule has 0 heterocycles. The lowest BCUT2D eigenvalue weighted by molar-refractivity contribution is -0.513. The van der Waals surface area contributed by atoms with Crippen LogP contribution in [0.3, 0.4) is 0 Å². The third-order valence-corrected chi connectivity index (χ3v) is 0.901. The molecule has 0 radical (unpaired) electrons. The maximum atomic E-state index is 10.4. The van der Waals surface area contributed by atoms with E-state index in [1.54, 1.807) is 0 Å². The Labute approximate surface area is 56.6 Å². The van der Waals surface area contributed by atoms with Gasteiger partial charge in [0.15, 0.2) is 0 Å². The van der Waals surface area contributed by atoms with E-state index in [0.717, 1.165) is 7.11 Å². The second-order valence-electron chi connectivity index (χ2n) is 1.51. The van der Waals surface area contributed by atoms with Crippen LogP contribution in [0.2, 0.25) is 0 Å². The quantitative estimate of drug-likeness (QED) is 0.309. The first-order chi connectivity index (χ1) is 4.63. The van der Waals surface area contributed by atoms with Crippen molar-refractivity contribution in [3.05, 3.63) is 10.1 Å². The number of aliphatic hydroxyl groups is 1. The van der Waals surface area contributed by atoms with Crippen molar-refractivity contribution in [2.75, 3.05) is 13.7 Å². The monoisotopic (exact) mass is 149 g/mol. The van der Waals surface area contributed by atoms with Gasteiger partial charge in [-0.05, 0) is 0 Å². The summed E-state index contributed by atoms with van der Waals surface area (Å²) in [5, 5.41) is 18.1. The van der Waals surface area contributed by atoms with Crippen molar-refractivity contribution in [2.45, 2.75) is 6.04 Å². The molecule has 6 nitrogen and oxygen atoms in total. The van der Waals surface area contributed by atoms with Gasteiger partial charge in [0.2, 0.25) is 0 Å². The van der Waals surface area contributed by atoms with Gasteiger partial charge < -0.3 is 9.84 Å². The Hall–Kier alpha value is -1.17. The fourth-order valence-corrected chi connectivity index (χ4v) is 0.363. The number of carbonyl (C=O) groups is 1. The van der Waals surface area contributed by atoms with Gasteiger partial charge in [-0.1, -0.05) is 0 Å². The number of methoxy groups -OCH3 is 1. The summed E-state index contributed by atoms with van der Waals surface area (Å²) in [5.74, 6) is -1.03. The van der Waals surface area contributed by atoms with E-state index in [-0.39, 0.29) is 0 Å². The van der Waals surface area contributed by atoms with Crippen molar-refractivity contribution >= 4 is 5.97 Å². The molecule has 0 saturated carbocycles. The van der Waals surface area contributed by atoms with Gasteiger partial charge in [0.25, 0.3) is 0 Å². The third kappa shape index (κ3) is 1.98. The Morgan fingerprint density at radius 2 is 2.40 bits per heavy atom. The number of esters is 1. The van der Waals surface area contributed by atoms with E-state index in [9.17, 15) is 14.9 Å². The average Bonchev–Trinajstić information content (AvgIpc) is 1.88. The van der Waals surface area contributed by atoms with E-state index in [4.69, 9.17) is 5.11 Å². The minimum Gasteiger partial charge on any atom is -0.464 e. The highest BCUT2D eigenvalue weighted by Crippen LogP contribution is 1.90. The predicted octanol–water partition coefficient (Wildman–Crippen LogP) is -1.20. The fraction of sp³-hybridized carbons (Fsp3) is 0.750. The number of carbonyl (C=O) groups excluding carboxylic acids is 1. The number of hydrogen-bond acceptors (Lipinski definition) is 5. The number of nitro groups is 1. The molecule has 10 heavy (non-hydrogen) atoms. The largest absolute Gasteiger partial charge is 0.464 e. The molecule has 0 aromatic heterocycles. The normalized spacial score (nSPS) is 12.2. The molecule has 0 spiro atoms. The highest BCUT2D eigenvalue weighted by molar-refractivity contribution is 5.74. The average molecular weight is 149 g/mol. The summed E-state index contributed by atoms with van der Waals surface area (Å²) in [4.78, 5) is 19.3. The highest BCUT2D eigenvalue weighted by Gasteiger charge is 2.29. The van der Waals surface area contributed by atoms with Crippen LogP contribution in [0.5, 0.6) is 0 Å². The number of nitrogens with zero attached hydrogens (tertiary/aromatic N) is 1. The van der Waals surface area contributed by atoms with Crippen LogP contribution >= 0.6 is 0 Å². The second kappa shape index (κ2) is 3.78. The van der Waals surface area contributed by atoms with Crippen LogP contribution in [0.15, 0.2) is 0 Å². The van der Waals surface area contributed by atoms with Crippen LogP contribution in [0, 0.1) is 10.1 Å². The lowest BCUT2D eigenvalue weighted by Gasteiger charge is -2.01. The molecule has 58 valence electrons. The third-order valence-electron chi connectivity index (χ3n) is 0.901. The van der Waals surface area contributed by atoms with Gasteiger partial charge in [0, 0.05) is 4.92 Å². The smallest absolute Gasteiger partial charge is 0.383 e. The van der Waals surface area contributed by atoms with Gasteiger partial charge in [-0.25, -0.2) is 4.79 Å². The van der Waals surface area contributed by atoms with Gasteiger partial charge in [-0.15, -0.1) is 0 Å². The summed E-state index contributed by atoms with van der Waals surface area (Å²) in [7, 11) is 1.02. The van der Waals surface area contributed by atoms with Crippen molar-refractivity contribution in [2.24, 2.45) is 0 Å². The summed E-state index contributed by atoms with van der Waals surface area (Å²) in [6, 6.07) is -1.65. The molecule has 0 fully saturated rings. The standard InChI is InChI=1S/C4H7NO5/c1-10-4(7)3(2-6)5(8)9/h3,6H,2H2,1H3. The lowest BCUT2D eigenvalue weighted by atomic mass is 10.3. The molecular formula is C4H7NO5. The first-order valence-electron chi connectivity index (χ1n) is 2.45. The van der Waals surface area contributed by atoms with Gasteiger partial charge in [0.05, 0.1) is 7.11 Å². The van der Waals surface area contributed by atoms with E-state index >= 15 is 0 Å². The molecule has 1 atom stereocenters. The molecule has 0 aliphatic carbocycles. The minimum atomic E-state index is -1.65. The van der Waals surface area contributed by atoms with E-state index in [2.05, 4.69) is 4.74 Å². The van der Waals surface area contributed by atoms with E-state index in [0.29, 0.717) is 0 Å². The zero-order valence-electron chi connectivity index (χ0n) is 5.31. The van der Waals surface area contributed by atoms with Crippen molar-refractivity contribution < 1.29 is 19.6 Å². The van der Waals surface area contributed by atoms with E-state index in [1.807, 2.05) is 0 Å². The maximum absolute atomic E-state index is 10.4. The number of hydrogen-bond donors (Lipinski definition) is 1. The van der Waals surface area contributed by atoms with Crippen LogP contribution in [0.25, 0.3) is 0 Å². The lowest BCUT2D eigenvalue weighted by Crippen LogP contribution is -2.33. The van der Waals surface area contributed by atoms with Gasteiger partial charge >= 0.3 is 12.0 Å². The van der Waals surface area contributed by atoms with Crippen LogP contribution in [-0.2, 0) is 9.53 Å². The fourth-order valence-electron chi connectivity index (χ4n) is 0.363. The van der Waals surface area contributed by atoms with Crippen LogP contribution in [0.4, 0.5) is 0 Å².